The Kier molecular flexibility index (Phi) is 4.53. The van der Waals surface area contributed by atoms with Crippen LogP contribution >= 0.6 is 11.9 Å². The van der Waals surface area contributed by atoms with Crippen molar-refractivity contribution in [1.82, 2.24) is 4.31 Å². The lowest BCUT2D eigenvalue weighted by atomic mass is 9.95. The summed E-state index contributed by atoms with van der Waals surface area (Å²) in [5.74, 6) is -0.616. The number of benzene rings is 1. The molecule has 22 heavy (non-hydrogen) atoms. The minimum Gasteiger partial charge on any atom is -0.370 e. The zero-order chi connectivity index (χ0) is 16.5. The highest BCUT2D eigenvalue weighted by Gasteiger charge is 2.43. The summed E-state index contributed by atoms with van der Waals surface area (Å²) in [7, 11) is 0. The van der Waals surface area contributed by atoms with Crippen molar-refractivity contribution in [2.75, 3.05) is 6.54 Å². The van der Waals surface area contributed by atoms with Gasteiger partial charge in [0.05, 0.1) is 12.1 Å². The van der Waals surface area contributed by atoms with Crippen molar-refractivity contribution >= 4 is 23.6 Å². The molecule has 0 spiro atoms. The highest BCUT2D eigenvalue weighted by atomic mass is 32.2. The Balaban J connectivity index is 2.22. The van der Waals surface area contributed by atoms with Crippen LogP contribution in [0.4, 0.5) is 13.2 Å². The third-order valence-corrected chi connectivity index (χ3v) is 4.69. The van der Waals surface area contributed by atoms with Crippen LogP contribution in [0.5, 0.6) is 0 Å². The van der Waals surface area contributed by atoms with E-state index in [-0.39, 0.29) is 25.2 Å². The van der Waals surface area contributed by atoms with Crippen molar-refractivity contribution in [2.24, 2.45) is 5.73 Å². The number of halogens is 3. The summed E-state index contributed by atoms with van der Waals surface area (Å²) < 4.78 is 39.8. The van der Waals surface area contributed by atoms with Gasteiger partial charge in [-0.1, -0.05) is 6.07 Å². The fourth-order valence-electron chi connectivity index (χ4n) is 2.44. The van der Waals surface area contributed by atoms with Crippen molar-refractivity contribution in [1.29, 1.82) is 0 Å². The smallest absolute Gasteiger partial charge is 0.370 e. The van der Waals surface area contributed by atoms with Crippen molar-refractivity contribution < 1.29 is 22.8 Å². The van der Waals surface area contributed by atoms with E-state index in [4.69, 9.17) is 5.73 Å². The summed E-state index contributed by atoms with van der Waals surface area (Å²) >= 11 is 1.04. The van der Waals surface area contributed by atoms with Crippen LogP contribution < -0.4 is 5.73 Å². The molecule has 0 aromatic heterocycles. The number of hydrogen-bond donors (Lipinski definition) is 1. The standard InChI is InChI=1S/C14H15F3N2O2S/c1-13(7-12(18)21)6-10(20)8-19(13)22-11-4-2-3-9(5-11)14(15,16)17/h2-5H,6-8H2,1H3,(H2,18,21). The molecule has 1 aliphatic heterocycles. The van der Waals surface area contributed by atoms with Crippen LogP contribution in [0.3, 0.4) is 0 Å². The summed E-state index contributed by atoms with van der Waals surface area (Å²) in [5.41, 5.74) is 3.68. The zero-order valence-corrected chi connectivity index (χ0v) is 12.6. The summed E-state index contributed by atoms with van der Waals surface area (Å²) in [4.78, 5) is 23.2. The summed E-state index contributed by atoms with van der Waals surface area (Å²) in [6.45, 7) is 1.79. The number of rotatable bonds is 4. The minimum atomic E-state index is -4.42. The Morgan fingerprint density at radius 3 is 2.73 bits per heavy atom. The van der Waals surface area contributed by atoms with Crippen molar-refractivity contribution in [3.63, 3.8) is 0 Å². The second kappa shape index (κ2) is 5.92. The second-order valence-electron chi connectivity index (χ2n) is 5.51. The highest BCUT2D eigenvalue weighted by molar-refractivity contribution is 7.97. The number of alkyl halides is 3. The Labute approximate surface area is 130 Å². The number of carbonyl (C=O) groups excluding carboxylic acids is 2. The van der Waals surface area contributed by atoms with Crippen molar-refractivity contribution in [2.45, 2.75) is 36.4 Å². The SMILES string of the molecule is CC1(CC(N)=O)CC(=O)CN1Sc1cccc(C(F)(F)F)c1. The number of nitrogens with zero attached hydrogens (tertiary/aromatic N) is 1. The van der Waals surface area contributed by atoms with E-state index in [9.17, 15) is 22.8 Å². The van der Waals surface area contributed by atoms with Gasteiger partial charge in [-0.25, -0.2) is 4.31 Å². The Hall–Kier alpha value is -1.54. The lowest BCUT2D eigenvalue weighted by Crippen LogP contribution is -2.40. The van der Waals surface area contributed by atoms with Gasteiger partial charge in [0.25, 0.3) is 0 Å². The Morgan fingerprint density at radius 1 is 1.45 bits per heavy atom. The van der Waals surface area contributed by atoms with Crippen LogP contribution in [-0.4, -0.2) is 28.1 Å². The van der Waals surface area contributed by atoms with Crippen molar-refractivity contribution in [3.05, 3.63) is 29.8 Å². The molecule has 1 amide bonds. The van der Waals surface area contributed by atoms with E-state index in [0.717, 1.165) is 24.1 Å². The van der Waals surface area contributed by atoms with Crippen LogP contribution in [0, 0.1) is 0 Å². The first-order valence-corrected chi connectivity index (χ1v) is 7.30. The van der Waals surface area contributed by atoms with E-state index in [1.807, 2.05) is 0 Å². The molecule has 0 radical (unpaired) electrons. The Bertz CT molecular complexity index is 606. The molecule has 8 heteroatoms. The molecule has 0 aliphatic carbocycles. The molecule has 1 atom stereocenters. The number of ketones is 1. The minimum absolute atomic E-state index is 0.0231. The molecular weight excluding hydrogens is 317 g/mol. The molecule has 1 unspecified atom stereocenters. The maximum Gasteiger partial charge on any atom is 0.416 e. The van der Waals surface area contributed by atoms with Gasteiger partial charge >= 0.3 is 6.18 Å². The molecule has 0 saturated carbocycles. The third kappa shape index (κ3) is 3.80. The predicted molar refractivity (Wildman–Crippen MR) is 75.8 cm³/mol. The van der Waals surface area contributed by atoms with Gasteiger partial charge in [-0.05, 0) is 37.1 Å². The van der Waals surface area contributed by atoms with E-state index in [2.05, 4.69) is 0 Å². The lowest BCUT2D eigenvalue weighted by molar-refractivity contribution is -0.137. The van der Waals surface area contributed by atoms with Crippen LogP contribution in [0.1, 0.15) is 25.3 Å². The topological polar surface area (TPSA) is 63.4 Å². The van der Waals surface area contributed by atoms with Crippen LogP contribution in [0.2, 0.25) is 0 Å². The van der Waals surface area contributed by atoms with E-state index in [1.54, 1.807) is 11.2 Å². The molecule has 2 rings (SSSR count). The van der Waals surface area contributed by atoms with E-state index >= 15 is 0 Å². The number of amides is 1. The van der Waals surface area contributed by atoms with Gasteiger partial charge in [-0.15, -0.1) is 0 Å². The second-order valence-corrected chi connectivity index (χ2v) is 6.60. The van der Waals surface area contributed by atoms with E-state index in [0.29, 0.717) is 4.90 Å². The Morgan fingerprint density at radius 2 is 2.14 bits per heavy atom. The fraction of sp³-hybridized carbons (Fsp3) is 0.429. The molecule has 4 nitrogen and oxygen atoms in total. The van der Waals surface area contributed by atoms with Gasteiger partial charge in [0, 0.05) is 23.3 Å². The average Bonchev–Trinajstić information content (AvgIpc) is 2.62. The molecular formula is C14H15F3N2O2S. The van der Waals surface area contributed by atoms with Crippen LogP contribution in [0.25, 0.3) is 0 Å². The highest BCUT2D eigenvalue weighted by Crippen LogP contribution is 2.40. The van der Waals surface area contributed by atoms with E-state index < -0.39 is 23.2 Å². The van der Waals surface area contributed by atoms with Crippen LogP contribution in [0.15, 0.2) is 29.2 Å². The van der Waals surface area contributed by atoms with Gasteiger partial charge in [0.2, 0.25) is 5.91 Å². The largest absolute Gasteiger partial charge is 0.416 e. The maximum absolute atomic E-state index is 12.7. The number of hydrogen-bond acceptors (Lipinski definition) is 4. The summed E-state index contributed by atoms with van der Waals surface area (Å²) in [5, 5.41) is 0. The molecule has 1 aromatic carbocycles. The molecule has 1 fully saturated rings. The molecule has 1 aliphatic rings. The number of primary amides is 1. The fourth-order valence-corrected chi connectivity index (χ4v) is 3.58. The predicted octanol–water partition coefficient (Wildman–Crippen LogP) is 2.62. The van der Waals surface area contributed by atoms with Gasteiger partial charge < -0.3 is 5.73 Å². The molecule has 1 heterocycles. The first kappa shape index (κ1) is 16.8. The number of carbonyl (C=O) groups is 2. The zero-order valence-electron chi connectivity index (χ0n) is 11.8. The molecule has 1 saturated heterocycles. The first-order valence-electron chi connectivity index (χ1n) is 6.53. The van der Waals surface area contributed by atoms with E-state index in [1.165, 1.54) is 12.1 Å². The first-order chi connectivity index (χ1) is 10.1. The lowest BCUT2D eigenvalue weighted by Gasteiger charge is -2.32. The van der Waals surface area contributed by atoms with Gasteiger partial charge in [-0.3, -0.25) is 9.59 Å². The van der Waals surface area contributed by atoms with Crippen LogP contribution in [-0.2, 0) is 15.8 Å². The van der Waals surface area contributed by atoms with Gasteiger partial charge in [0.1, 0.15) is 5.78 Å². The normalized spacial score (nSPS) is 23.0. The number of Topliss-reactive ketones (excluding diaryl/α,β-unsaturated/α-hetero) is 1. The molecule has 120 valence electrons. The summed E-state index contributed by atoms with van der Waals surface area (Å²) in [6.07, 6.45) is -4.29. The molecule has 0 bridgehead atoms. The van der Waals surface area contributed by atoms with Gasteiger partial charge in [0.15, 0.2) is 0 Å². The third-order valence-electron chi connectivity index (χ3n) is 3.43. The monoisotopic (exact) mass is 332 g/mol. The quantitative estimate of drug-likeness (QED) is 0.861. The average molecular weight is 332 g/mol. The van der Waals surface area contributed by atoms with Crippen molar-refractivity contribution in [3.8, 4) is 0 Å². The molecule has 1 aromatic rings. The van der Waals surface area contributed by atoms with Gasteiger partial charge in [-0.2, -0.15) is 13.2 Å². The number of nitrogens with two attached hydrogens (primary N) is 1. The maximum atomic E-state index is 12.7. The molecule has 2 N–H and O–H groups in total. The summed E-state index contributed by atoms with van der Waals surface area (Å²) in [6, 6.07) is 4.86.